The summed E-state index contributed by atoms with van der Waals surface area (Å²) in [6, 6.07) is 17.0. The Morgan fingerprint density at radius 1 is 0.958 bits per heavy atom. The number of carboxylic acids is 1. The molecule has 1 saturated carbocycles. The van der Waals surface area contributed by atoms with E-state index in [0.717, 1.165) is 17.1 Å². The minimum Gasteiger partial charge on any atom is -0.481 e. The Morgan fingerprint density at radius 2 is 1.58 bits per heavy atom. The van der Waals surface area contributed by atoms with Crippen LogP contribution in [0.15, 0.2) is 54.6 Å². The lowest BCUT2D eigenvalue weighted by atomic mass is 9.73. The Labute approximate surface area is 140 Å². The molecule has 1 fully saturated rings. The standard InChI is InChI=1S/C19H19NO4/c21-18(16-10-11-17(16)19(22)23)20-12-13-6-8-15(9-7-13)24-14-4-2-1-3-5-14/h1-9,16-17H,10-12H2,(H,20,21)(H,22,23). The minimum absolute atomic E-state index is 0.182. The normalized spacial score (nSPS) is 19.2. The summed E-state index contributed by atoms with van der Waals surface area (Å²) >= 11 is 0. The monoisotopic (exact) mass is 325 g/mol. The molecule has 2 aromatic carbocycles. The number of carboxylic acid groups (broad SMARTS) is 1. The Hall–Kier alpha value is -2.82. The van der Waals surface area contributed by atoms with E-state index in [-0.39, 0.29) is 5.91 Å². The Kier molecular flexibility index (Phi) is 4.79. The van der Waals surface area contributed by atoms with Gasteiger partial charge in [-0.1, -0.05) is 30.3 Å². The molecule has 2 N–H and O–H groups in total. The van der Waals surface area contributed by atoms with E-state index in [2.05, 4.69) is 5.32 Å². The van der Waals surface area contributed by atoms with Gasteiger partial charge in [-0.2, -0.15) is 0 Å². The van der Waals surface area contributed by atoms with E-state index >= 15 is 0 Å². The number of hydrogen-bond acceptors (Lipinski definition) is 3. The molecular formula is C19H19NO4. The molecule has 5 heteroatoms. The van der Waals surface area contributed by atoms with Crippen molar-refractivity contribution in [3.8, 4) is 11.5 Å². The van der Waals surface area contributed by atoms with E-state index in [1.807, 2.05) is 54.6 Å². The Bertz CT molecular complexity index is 712. The SMILES string of the molecule is O=C(O)C1CCC1C(=O)NCc1ccc(Oc2ccccc2)cc1. The maximum absolute atomic E-state index is 12.0. The highest BCUT2D eigenvalue weighted by molar-refractivity contribution is 5.86. The smallest absolute Gasteiger partial charge is 0.307 e. The predicted molar refractivity (Wildman–Crippen MR) is 88.7 cm³/mol. The van der Waals surface area contributed by atoms with Crippen molar-refractivity contribution in [2.45, 2.75) is 19.4 Å². The van der Waals surface area contributed by atoms with Crippen LogP contribution in [-0.4, -0.2) is 17.0 Å². The van der Waals surface area contributed by atoms with Gasteiger partial charge in [0, 0.05) is 6.54 Å². The molecule has 24 heavy (non-hydrogen) atoms. The van der Waals surface area contributed by atoms with Crippen LogP contribution in [0.3, 0.4) is 0 Å². The Balaban J connectivity index is 1.51. The number of carbonyl (C=O) groups excluding carboxylic acids is 1. The second-order valence-corrected chi connectivity index (χ2v) is 5.91. The van der Waals surface area contributed by atoms with Gasteiger partial charge in [-0.25, -0.2) is 0 Å². The largest absolute Gasteiger partial charge is 0.481 e. The van der Waals surface area contributed by atoms with E-state index in [1.54, 1.807) is 0 Å². The second-order valence-electron chi connectivity index (χ2n) is 5.91. The zero-order chi connectivity index (χ0) is 16.9. The maximum Gasteiger partial charge on any atom is 0.307 e. The molecule has 0 aromatic heterocycles. The first-order valence-corrected chi connectivity index (χ1v) is 7.96. The van der Waals surface area contributed by atoms with E-state index in [1.165, 1.54) is 0 Å². The van der Waals surface area contributed by atoms with Crippen molar-refractivity contribution in [1.82, 2.24) is 5.32 Å². The highest BCUT2D eigenvalue weighted by Crippen LogP contribution is 2.34. The summed E-state index contributed by atoms with van der Waals surface area (Å²) in [4.78, 5) is 23.0. The first-order valence-electron chi connectivity index (χ1n) is 7.96. The van der Waals surface area contributed by atoms with Gasteiger partial charge >= 0.3 is 5.97 Å². The molecule has 0 radical (unpaired) electrons. The second kappa shape index (κ2) is 7.17. The van der Waals surface area contributed by atoms with Crippen LogP contribution in [0.1, 0.15) is 18.4 Å². The molecule has 1 amide bonds. The molecule has 1 aliphatic carbocycles. The first-order chi connectivity index (χ1) is 11.6. The number of nitrogens with one attached hydrogen (secondary N) is 1. The maximum atomic E-state index is 12.0. The molecule has 2 aromatic rings. The van der Waals surface area contributed by atoms with Gasteiger partial charge in [0.2, 0.25) is 5.91 Å². The molecular weight excluding hydrogens is 306 g/mol. The van der Waals surface area contributed by atoms with Crippen LogP contribution in [0.25, 0.3) is 0 Å². The molecule has 5 nitrogen and oxygen atoms in total. The number of benzene rings is 2. The average Bonchev–Trinajstić information content (AvgIpc) is 2.53. The number of aliphatic carboxylic acids is 1. The third-order valence-corrected chi connectivity index (χ3v) is 4.30. The summed E-state index contributed by atoms with van der Waals surface area (Å²) in [6.45, 7) is 0.382. The fourth-order valence-electron chi connectivity index (χ4n) is 2.73. The van der Waals surface area contributed by atoms with Crippen molar-refractivity contribution in [3.05, 3.63) is 60.2 Å². The summed E-state index contributed by atoms with van der Waals surface area (Å²) in [6.07, 6.45) is 1.23. The number of carbonyl (C=O) groups is 2. The van der Waals surface area contributed by atoms with Crippen LogP contribution in [0.2, 0.25) is 0 Å². The van der Waals surface area contributed by atoms with Crippen LogP contribution >= 0.6 is 0 Å². The van der Waals surface area contributed by atoms with Gasteiger partial charge < -0.3 is 15.2 Å². The number of rotatable bonds is 6. The van der Waals surface area contributed by atoms with E-state index < -0.39 is 17.8 Å². The number of amides is 1. The van der Waals surface area contributed by atoms with Crippen LogP contribution < -0.4 is 10.1 Å². The van der Waals surface area contributed by atoms with Gasteiger partial charge in [-0.15, -0.1) is 0 Å². The van der Waals surface area contributed by atoms with Gasteiger partial charge in [0.15, 0.2) is 0 Å². The molecule has 2 atom stereocenters. The third-order valence-electron chi connectivity index (χ3n) is 4.30. The van der Waals surface area contributed by atoms with E-state index in [4.69, 9.17) is 9.84 Å². The topological polar surface area (TPSA) is 75.6 Å². The quantitative estimate of drug-likeness (QED) is 0.855. The summed E-state index contributed by atoms with van der Waals surface area (Å²) in [5, 5.41) is 11.8. The minimum atomic E-state index is -0.885. The van der Waals surface area contributed by atoms with E-state index in [0.29, 0.717) is 19.4 Å². The number of hydrogen-bond donors (Lipinski definition) is 2. The van der Waals surface area contributed by atoms with Crippen molar-refractivity contribution in [2.75, 3.05) is 0 Å². The lowest BCUT2D eigenvalue weighted by molar-refractivity contribution is -0.152. The van der Waals surface area contributed by atoms with Crippen molar-refractivity contribution in [1.29, 1.82) is 0 Å². The lowest BCUT2D eigenvalue weighted by Gasteiger charge is -2.31. The van der Waals surface area contributed by atoms with Crippen LogP contribution in [-0.2, 0) is 16.1 Å². The van der Waals surface area contributed by atoms with Gasteiger partial charge in [0.25, 0.3) is 0 Å². The van der Waals surface area contributed by atoms with Gasteiger partial charge in [0.05, 0.1) is 11.8 Å². The van der Waals surface area contributed by atoms with Crippen LogP contribution in [0.4, 0.5) is 0 Å². The summed E-state index contributed by atoms with van der Waals surface area (Å²) in [7, 11) is 0. The van der Waals surface area contributed by atoms with Crippen molar-refractivity contribution in [3.63, 3.8) is 0 Å². The molecule has 0 aliphatic heterocycles. The highest BCUT2D eigenvalue weighted by Gasteiger charge is 2.41. The molecule has 124 valence electrons. The number of para-hydroxylation sites is 1. The molecule has 3 rings (SSSR count). The Morgan fingerprint density at radius 3 is 2.17 bits per heavy atom. The molecule has 0 saturated heterocycles. The number of ether oxygens (including phenoxy) is 1. The van der Waals surface area contributed by atoms with E-state index in [9.17, 15) is 9.59 Å². The highest BCUT2D eigenvalue weighted by atomic mass is 16.5. The summed E-state index contributed by atoms with van der Waals surface area (Å²) in [5.74, 6) is -0.513. The molecule has 1 aliphatic rings. The van der Waals surface area contributed by atoms with Gasteiger partial charge in [-0.05, 0) is 42.7 Å². The van der Waals surface area contributed by atoms with Gasteiger partial charge in [-0.3, -0.25) is 9.59 Å². The first kappa shape index (κ1) is 16.1. The zero-order valence-electron chi connectivity index (χ0n) is 13.1. The zero-order valence-corrected chi connectivity index (χ0v) is 13.1. The average molecular weight is 325 g/mol. The molecule has 2 unspecified atom stereocenters. The lowest BCUT2D eigenvalue weighted by Crippen LogP contribution is -2.43. The molecule has 0 heterocycles. The molecule has 0 spiro atoms. The summed E-state index contributed by atoms with van der Waals surface area (Å²) in [5.41, 5.74) is 0.940. The van der Waals surface area contributed by atoms with Gasteiger partial charge in [0.1, 0.15) is 11.5 Å². The third kappa shape index (κ3) is 3.74. The van der Waals surface area contributed by atoms with Crippen LogP contribution in [0.5, 0.6) is 11.5 Å². The van der Waals surface area contributed by atoms with Crippen molar-refractivity contribution in [2.24, 2.45) is 11.8 Å². The van der Waals surface area contributed by atoms with Crippen molar-refractivity contribution >= 4 is 11.9 Å². The summed E-state index contributed by atoms with van der Waals surface area (Å²) < 4.78 is 5.71. The fourth-order valence-corrected chi connectivity index (χ4v) is 2.73. The van der Waals surface area contributed by atoms with Crippen molar-refractivity contribution < 1.29 is 19.4 Å². The van der Waals surface area contributed by atoms with Crippen LogP contribution in [0, 0.1) is 11.8 Å². The fraction of sp³-hybridized carbons (Fsp3) is 0.263. The molecule has 0 bridgehead atoms. The predicted octanol–water partition coefficient (Wildman–Crippen LogP) is 3.21.